The van der Waals surface area contributed by atoms with Crippen LogP contribution in [0.15, 0.2) is 45.6 Å². The molecule has 6 nitrogen and oxygen atoms in total. The number of rotatable bonds is 7. The van der Waals surface area contributed by atoms with Crippen LogP contribution in [0.4, 0.5) is 0 Å². The van der Waals surface area contributed by atoms with Gasteiger partial charge < -0.3 is 18.6 Å². The summed E-state index contributed by atoms with van der Waals surface area (Å²) in [7, 11) is 0. The van der Waals surface area contributed by atoms with E-state index in [0.717, 1.165) is 24.8 Å². The van der Waals surface area contributed by atoms with Crippen LogP contribution in [0.25, 0.3) is 0 Å². The van der Waals surface area contributed by atoms with Gasteiger partial charge in [0.05, 0.1) is 0 Å². The Labute approximate surface area is 145 Å². The van der Waals surface area contributed by atoms with Gasteiger partial charge >= 0.3 is 0 Å². The van der Waals surface area contributed by atoms with E-state index < -0.39 is 5.43 Å². The first-order chi connectivity index (χ1) is 12.3. The topological polar surface area (TPSA) is 75.0 Å². The minimum atomic E-state index is -0.410. The maximum Gasteiger partial charge on any atom is 0.227 e. The smallest absolute Gasteiger partial charge is 0.227 e. The first-order valence-corrected chi connectivity index (χ1v) is 8.28. The SMILES string of the molecule is O=Cc1oc(COC2CCCCO2)cc(=O)c1OCc1ccccc1. The van der Waals surface area contributed by atoms with Crippen LogP contribution in [0.3, 0.4) is 0 Å². The van der Waals surface area contributed by atoms with Gasteiger partial charge in [-0.05, 0) is 24.8 Å². The molecule has 0 bridgehead atoms. The molecule has 0 radical (unpaired) electrons. The first-order valence-electron chi connectivity index (χ1n) is 8.28. The molecule has 0 amide bonds. The van der Waals surface area contributed by atoms with Crippen LogP contribution in [-0.2, 0) is 22.7 Å². The Hall–Kier alpha value is -2.44. The standard InChI is InChI=1S/C19H20O6/c20-11-17-19(24-12-14-6-2-1-3-7-14)16(21)10-15(25-17)13-23-18-8-4-5-9-22-18/h1-3,6-7,10-11,18H,4-5,8-9,12-13H2. The second kappa shape index (κ2) is 8.60. The van der Waals surface area contributed by atoms with Gasteiger partial charge in [0.25, 0.3) is 0 Å². The zero-order chi connectivity index (χ0) is 17.5. The maximum atomic E-state index is 12.3. The molecule has 3 rings (SSSR count). The molecule has 25 heavy (non-hydrogen) atoms. The molecule has 1 fully saturated rings. The van der Waals surface area contributed by atoms with Crippen molar-refractivity contribution in [1.29, 1.82) is 0 Å². The van der Waals surface area contributed by atoms with Gasteiger partial charge in [0, 0.05) is 12.7 Å². The summed E-state index contributed by atoms with van der Waals surface area (Å²) in [6.07, 6.45) is 3.05. The lowest BCUT2D eigenvalue weighted by Crippen LogP contribution is -2.22. The van der Waals surface area contributed by atoms with E-state index in [9.17, 15) is 9.59 Å². The summed E-state index contributed by atoms with van der Waals surface area (Å²) in [6, 6.07) is 10.7. The van der Waals surface area contributed by atoms with Crippen molar-refractivity contribution < 1.29 is 23.4 Å². The van der Waals surface area contributed by atoms with Gasteiger partial charge in [-0.15, -0.1) is 0 Å². The molecule has 0 N–H and O–H groups in total. The van der Waals surface area contributed by atoms with Gasteiger partial charge in [-0.25, -0.2) is 0 Å². The Morgan fingerprint density at radius 2 is 2.00 bits per heavy atom. The monoisotopic (exact) mass is 344 g/mol. The summed E-state index contributed by atoms with van der Waals surface area (Å²) in [5.41, 5.74) is 0.480. The summed E-state index contributed by atoms with van der Waals surface area (Å²) in [5.74, 6) is 0.0523. The lowest BCUT2D eigenvalue weighted by Gasteiger charge is -2.22. The Kier molecular flexibility index (Phi) is 5.98. The van der Waals surface area contributed by atoms with Crippen LogP contribution < -0.4 is 10.2 Å². The zero-order valence-corrected chi connectivity index (χ0v) is 13.8. The van der Waals surface area contributed by atoms with E-state index >= 15 is 0 Å². The predicted octanol–water partition coefficient (Wildman–Crippen LogP) is 3.07. The summed E-state index contributed by atoms with van der Waals surface area (Å²) in [6.45, 7) is 0.915. The molecule has 0 aliphatic carbocycles. The fraction of sp³-hybridized carbons (Fsp3) is 0.368. The molecule has 1 aliphatic heterocycles. The lowest BCUT2D eigenvalue weighted by atomic mass is 10.2. The van der Waals surface area contributed by atoms with E-state index in [-0.39, 0.29) is 36.8 Å². The zero-order valence-electron chi connectivity index (χ0n) is 13.8. The van der Waals surface area contributed by atoms with Crippen LogP contribution in [0.1, 0.15) is 41.1 Å². The fourth-order valence-corrected chi connectivity index (χ4v) is 2.59. The molecule has 1 unspecified atom stereocenters. The average Bonchev–Trinajstić information content (AvgIpc) is 2.66. The predicted molar refractivity (Wildman–Crippen MR) is 89.5 cm³/mol. The molecule has 1 aromatic heterocycles. The average molecular weight is 344 g/mol. The Morgan fingerprint density at radius 3 is 2.72 bits per heavy atom. The van der Waals surface area contributed by atoms with Crippen molar-refractivity contribution >= 4 is 6.29 Å². The number of ether oxygens (including phenoxy) is 3. The summed E-state index contributed by atoms with van der Waals surface area (Å²) in [4.78, 5) is 23.5. The van der Waals surface area contributed by atoms with E-state index in [2.05, 4.69) is 0 Å². The quantitative estimate of drug-likeness (QED) is 0.719. The molecule has 1 atom stereocenters. The number of carbonyl (C=O) groups is 1. The first kappa shape index (κ1) is 17.4. The van der Waals surface area contributed by atoms with E-state index in [1.165, 1.54) is 6.07 Å². The highest BCUT2D eigenvalue weighted by atomic mass is 16.7. The van der Waals surface area contributed by atoms with Crippen LogP contribution in [0.5, 0.6) is 5.75 Å². The lowest BCUT2D eigenvalue weighted by molar-refractivity contribution is -0.171. The van der Waals surface area contributed by atoms with Gasteiger partial charge in [-0.1, -0.05) is 30.3 Å². The highest BCUT2D eigenvalue weighted by Gasteiger charge is 2.17. The molecule has 0 saturated carbocycles. The molecule has 132 valence electrons. The third-order valence-corrected chi connectivity index (χ3v) is 3.86. The second-order valence-corrected chi connectivity index (χ2v) is 5.77. The summed E-state index contributed by atoms with van der Waals surface area (Å²) >= 11 is 0. The van der Waals surface area contributed by atoms with Gasteiger partial charge in [0.1, 0.15) is 19.0 Å². The van der Waals surface area contributed by atoms with Crippen LogP contribution in [0.2, 0.25) is 0 Å². The van der Waals surface area contributed by atoms with Crippen molar-refractivity contribution in [2.24, 2.45) is 0 Å². The number of carbonyl (C=O) groups excluding carboxylic acids is 1. The van der Waals surface area contributed by atoms with E-state index in [0.29, 0.717) is 12.9 Å². The van der Waals surface area contributed by atoms with Gasteiger partial charge in [-0.2, -0.15) is 0 Å². The molecule has 2 heterocycles. The van der Waals surface area contributed by atoms with Gasteiger partial charge in [0.15, 0.2) is 12.6 Å². The van der Waals surface area contributed by atoms with Crippen LogP contribution >= 0.6 is 0 Å². The summed E-state index contributed by atoms with van der Waals surface area (Å²) in [5, 5.41) is 0. The Morgan fingerprint density at radius 1 is 1.16 bits per heavy atom. The van der Waals surface area contributed by atoms with Crippen molar-refractivity contribution in [1.82, 2.24) is 0 Å². The molecular formula is C19H20O6. The number of aldehydes is 1. The summed E-state index contributed by atoms with van der Waals surface area (Å²) < 4.78 is 22.0. The maximum absolute atomic E-state index is 12.3. The molecule has 1 aromatic carbocycles. The minimum absolute atomic E-state index is 0.0692. The molecule has 1 aliphatic rings. The van der Waals surface area contributed by atoms with Crippen molar-refractivity contribution in [2.75, 3.05) is 6.61 Å². The third kappa shape index (κ3) is 4.78. The molecule has 6 heteroatoms. The highest BCUT2D eigenvalue weighted by molar-refractivity contribution is 5.74. The molecule has 0 spiro atoms. The van der Waals surface area contributed by atoms with Gasteiger partial charge in [-0.3, -0.25) is 9.59 Å². The highest BCUT2D eigenvalue weighted by Crippen LogP contribution is 2.18. The second-order valence-electron chi connectivity index (χ2n) is 5.77. The third-order valence-electron chi connectivity index (χ3n) is 3.86. The Balaban J connectivity index is 1.67. The van der Waals surface area contributed by atoms with Crippen molar-refractivity contribution in [3.05, 3.63) is 63.7 Å². The molecular weight excluding hydrogens is 324 g/mol. The number of benzene rings is 1. The van der Waals surface area contributed by atoms with Crippen molar-refractivity contribution in [2.45, 2.75) is 38.8 Å². The van der Waals surface area contributed by atoms with Crippen LogP contribution in [0, 0.1) is 0 Å². The van der Waals surface area contributed by atoms with E-state index in [1.54, 1.807) is 0 Å². The minimum Gasteiger partial charge on any atom is -0.481 e. The van der Waals surface area contributed by atoms with Gasteiger partial charge in [0.2, 0.25) is 16.9 Å². The Bertz CT molecular complexity index is 746. The normalized spacial score (nSPS) is 17.2. The number of hydrogen-bond donors (Lipinski definition) is 0. The van der Waals surface area contributed by atoms with E-state index in [1.807, 2.05) is 30.3 Å². The molecule has 1 saturated heterocycles. The number of hydrogen-bond acceptors (Lipinski definition) is 6. The fourth-order valence-electron chi connectivity index (χ4n) is 2.59. The molecule has 2 aromatic rings. The largest absolute Gasteiger partial charge is 0.481 e. The van der Waals surface area contributed by atoms with Crippen LogP contribution in [-0.4, -0.2) is 19.2 Å². The van der Waals surface area contributed by atoms with Crippen molar-refractivity contribution in [3.63, 3.8) is 0 Å². The van der Waals surface area contributed by atoms with Crippen molar-refractivity contribution in [3.8, 4) is 5.75 Å². The van der Waals surface area contributed by atoms with E-state index in [4.69, 9.17) is 18.6 Å².